The summed E-state index contributed by atoms with van der Waals surface area (Å²) in [7, 11) is 0. The van der Waals surface area contributed by atoms with Gasteiger partial charge in [-0.25, -0.2) is 0 Å². The molecule has 0 aliphatic heterocycles. The number of allylic oxidation sites excluding steroid dienone is 2. The maximum Gasteiger partial charge on any atom is 0.306 e. The molecule has 1 amide bonds. The fourth-order valence-electron chi connectivity index (χ4n) is 8.13. The fourth-order valence-corrected chi connectivity index (χ4v) is 8.13. The summed E-state index contributed by atoms with van der Waals surface area (Å²) in [5.74, 6) is -0.462. The highest BCUT2D eigenvalue weighted by Gasteiger charge is 2.24. The minimum Gasteiger partial charge on any atom is -0.462 e. The van der Waals surface area contributed by atoms with Crippen LogP contribution in [0.15, 0.2) is 12.2 Å². The first-order valence-corrected chi connectivity index (χ1v) is 25.9. The number of hydrogen-bond acceptors (Lipinski definition) is 5. The summed E-state index contributed by atoms with van der Waals surface area (Å²) in [5, 5.41) is 23.7. The second-order valence-corrected chi connectivity index (χ2v) is 17.9. The Morgan fingerprint density at radius 3 is 1.22 bits per heavy atom. The van der Waals surface area contributed by atoms with Gasteiger partial charge in [0.15, 0.2) is 0 Å². The number of aliphatic hydroxyl groups is 2. The third-order valence-corrected chi connectivity index (χ3v) is 12.1. The van der Waals surface area contributed by atoms with E-state index in [0.717, 1.165) is 51.4 Å². The first kappa shape index (κ1) is 56.6. The van der Waals surface area contributed by atoms with Crippen molar-refractivity contribution in [3.8, 4) is 0 Å². The summed E-state index contributed by atoms with van der Waals surface area (Å²) >= 11 is 0. The molecule has 3 atom stereocenters. The van der Waals surface area contributed by atoms with Crippen LogP contribution in [0.4, 0.5) is 0 Å². The van der Waals surface area contributed by atoms with E-state index in [2.05, 4.69) is 38.2 Å². The van der Waals surface area contributed by atoms with Crippen LogP contribution in [0.25, 0.3) is 0 Å². The monoisotopic (exact) mass is 820 g/mol. The van der Waals surface area contributed by atoms with Crippen molar-refractivity contribution < 1.29 is 24.5 Å². The number of hydrogen-bond donors (Lipinski definition) is 3. The summed E-state index contributed by atoms with van der Waals surface area (Å²) < 4.78 is 5.93. The van der Waals surface area contributed by atoms with Crippen LogP contribution < -0.4 is 5.32 Å². The van der Waals surface area contributed by atoms with Crippen molar-refractivity contribution in [1.82, 2.24) is 5.32 Å². The maximum atomic E-state index is 13.2. The number of carbonyl (C=O) groups excluding carboxylic acids is 2. The summed E-state index contributed by atoms with van der Waals surface area (Å²) in [5.41, 5.74) is 0. The average Bonchev–Trinajstić information content (AvgIpc) is 3.22. The van der Waals surface area contributed by atoms with Gasteiger partial charge in [0.1, 0.15) is 6.10 Å². The molecular weight excluding hydrogens is 719 g/mol. The second kappa shape index (κ2) is 46.7. The standard InChI is InChI=1S/C52H101NO5/c1-4-7-10-13-16-19-22-24-25-26-27-28-29-31-34-37-40-43-48(58-52(57)45-42-39-36-33-30-23-20-17-14-11-8-5-2)46-51(56)53-49(47-54)50(55)44-41-38-35-32-21-18-15-12-9-6-3/h24-25,48-50,54-55H,4-23,26-47H2,1-3H3,(H,53,56)/b25-24+. The summed E-state index contributed by atoms with van der Waals surface area (Å²) in [6.07, 6.45) is 51.3. The zero-order chi connectivity index (χ0) is 42.4. The summed E-state index contributed by atoms with van der Waals surface area (Å²) in [6, 6.07) is -0.695. The molecule has 0 aromatic carbocycles. The van der Waals surface area contributed by atoms with Crippen molar-refractivity contribution in [3.05, 3.63) is 12.2 Å². The molecule has 0 aromatic heterocycles. The van der Waals surface area contributed by atoms with Crippen LogP contribution in [0.3, 0.4) is 0 Å². The molecule has 0 saturated carbocycles. The van der Waals surface area contributed by atoms with Crippen molar-refractivity contribution in [2.45, 2.75) is 302 Å². The smallest absolute Gasteiger partial charge is 0.306 e. The van der Waals surface area contributed by atoms with Crippen molar-refractivity contribution in [1.29, 1.82) is 0 Å². The van der Waals surface area contributed by atoms with Gasteiger partial charge in [0, 0.05) is 6.42 Å². The maximum absolute atomic E-state index is 13.2. The molecule has 0 fully saturated rings. The Labute approximate surface area is 361 Å². The van der Waals surface area contributed by atoms with Gasteiger partial charge in [-0.1, -0.05) is 232 Å². The molecule has 0 aliphatic carbocycles. The first-order chi connectivity index (χ1) is 28.5. The van der Waals surface area contributed by atoms with E-state index < -0.39 is 18.2 Å². The SMILES string of the molecule is CCCCCCCC/C=C/CCCCCCCCCC(CC(=O)NC(CO)C(O)CCCCCCCCCCCC)OC(=O)CCCCCCCCCCCCCC. The summed E-state index contributed by atoms with van der Waals surface area (Å²) in [4.78, 5) is 26.1. The Morgan fingerprint density at radius 1 is 0.483 bits per heavy atom. The molecule has 3 unspecified atom stereocenters. The predicted octanol–water partition coefficient (Wildman–Crippen LogP) is 15.3. The van der Waals surface area contributed by atoms with Crippen LogP contribution in [-0.2, 0) is 14.3 Å². The predicted molar refractivity (Wildman–Crippen MR) is 250 cm³/mol. The van der Waals surface area contributed by atoms with Crippen LogP contribution in [0.1, 0.15) is 284 Å². The minimum atomic E-state index is -0.782. The van der Waals surface area contributed by atoms with Crippen LogP contribution >= 0.6 is 0 Å². The van der Waals surface area contributed by atoms with Gasteiger partial charge in [-0.3, -0.25) is 9.59 Å². The largest absolute Gasteiger partial charge is 0.462 e. The fraction of sp³-hybridized carbons (Fsp3) is 0.923. The number of unbranched alkanes of at least 4 members (excludes halogenated alkanes) is 33. The van der Waals surface area contributed by atoms with E-state index in [1.54, 1.807) is 0 Å². The van der Waals surface area contributed by atoms with E-state index in [-0.39, 0.29) is 24.9 Å². The van der Waals surface area contributed by atoms with Crippen LogP contribution in [0, 0.1) is 0 Å². The van der Waals surface area contributed by atoms with Crippen molar-refractivity contribution in [3.63, 3.8) is 0 Å². The van der Waals surface area contributed by atoms with Gasteiger partial charge in [-0.15, -0.1) is 0 Å². The highest BCUT2D eigenvalue weighted by molar-refractivity contribution is 5.77. The molecule has 3 N–H and O–H groups in total. The number of ether oxygens (including phenoxy) is 1. The molecule has 6 nitrogen and oxygen atoms in total. The Kier molecular flexibility index (Phi) is 45.5. The van der Waals surface area contributed by atoms with Gasteiger partial charge >= 0.3 is 5.97 Å². The zero-order valence-corrected chi connectivity index (χ0v) is 39.2. The molecule has 0 bridgehead atoms. The lowest BCUT2D eigenvalue weighted by Gasteiger charge is -2.24. The quantitative estimate of drug-likeness (QED) is 0.0323. The molecule has 0 saturated heterocycles. The van der Waals surface area contributed by atoms with Crippen LogP contribution in [-0.4, -0.2) is 46.9 Å². The Morgan fingerprint density at radius 2 is 0.828 bits per heavy atom. The lowest BCUT2D eigenvalue weighted by Crippen LogP contribution is -2.46. The topological polar surface area (TPSA) is 95.9 Å². The molecule has 0 aliphatic rings. The Bertz CT molecular complexity index is 878. The molecule has 58 heavy (non-hydrogen) atoms. The van der Waals surface area contributed by atoms with Gasteiger partial charge in [-0.05, 0) is 51.4 Å². The number of rotatable bonds is 47. The van der Waals surface area contributed by atoms with Gasteiger partial charge in [-0.2, -0.15) is 0 Å². The van der Waals surface area contributed by atoms with E-state index in [4.69, 9.17) is 4.74 Å². The lowest BCUT2D eigenvalue weighted by molar-refractivity contribution is -0.151. The molecular formula is C52H101NO5. The van der Waals surface area contributed by atoms with Gasteiger partial charge in [0.05, 0.1) is 25.2 Å². The van der Waals surface area contributed by atoms with Gasteiger partial charge < -0.3 is 20.3 Å². The minimum absolute atomic E-state index is 0.0814. The highest BCUT2D eigenvalue weighted by atomic mass is 16.5. The number of nitrogens with one attached hydrogen (secondary N) is 1. The molecule has 6 heteroatoms. The van der Waals surface area contributed by atoms with Crippen LogP contribution in [0.2, 0.25) is 0 Å². The van der Waals surface area contributed by atoms with E-state index in [1.165, 1.54) is 186 Å². The van der Waals surface area contributed by atoms with Gasteiger partial charge in [0.2, 0.25) is 5.91 Å². The molecule has 0 rings (SSSR count). The molecule has 0 aromatic rings. The Balaban J connectivity index is 4.54. The molecule has 0 radical (unpaired) electrons. The van der Waals surface area contributed by atoms with Crippen molar-refractivity contribution in [2.75, 3.05) is 6.61 Å². The summed E-state index contributed by atoms with van der Waals surface area (Å²) in [6.45, 7) is 6.48. The van der Waals surface area contributed by atoms with E-state index in [9.17, 15) is 19.8 Å². The molecule has 0 heterocycles. The first-order valence-electron chi connectivity index (χ1n) is 25.9. The number of aliphatic hydroxyl groups excluding tert-OH is 2. The number of amides is 1. The Hall–Kier alpha value is -1.40. The van der Waals surface area contributed by atoms with Gasteiger partial charge in [0.25, 0.3) is 0 Å². The van der Waals surface area contributed by atoms with Crippen molar-refractivity contribution in [2.24, 2.45) is 0 Å². The number of esters is 1. The van der Waals surface area contributed by atoms with Crippen molar-refractivity contribution >= 4 is 11.9 Å². The van der Waals surface area contributed by atoms with Crippen LogP contribution in [0.5, 0.6) is 0 Å². The number of carbonyl (C=O) groups is 2. The third-order valence-electron chi connectivity index (χ3n) is 12.1. The second-order valence-electron chi connectivity index (χ2n) is 17.9. The van der Waals surface area contributed by atoms with E-state index in [0.29, 0.717) is 19.3 Å². The van der Waals surface area contributed by atoms with E-state index in [1.807, 2.05) is 0 Å². The molecule has 344 valence electrons. The lowest BCUT2D eigenvalue weighted by atomic mass is 10.0. The third kappa shape index (κ3) is 41.3. The zero-order valence-electron chi connectivity index (χ0n) is 39.2. The molecule has 0 spiro atoms. The average molecular weight is 820 g/mol. The normalized spacial score (nSPS) is 13.3. The van der Waals surface area contributed by atoms with E-state index >= 15 is 0 Å². The highest BCUT2D eigenvalue weighted by Crippen LogP contribution is 2.18.